The lowest BCUT2D eigenvalue weighted by Gasteiger charge is -2.38. The number of carbonyl (C=O) groups excluding carboxylic acids is 6. The number of hydrogen-bond donors (Lipinski definition) is 5. The third-order valence-corrected chi connectivity index (χ3v) is 9.61. The molecule has 0 spiro atoms. The van der Waals surface area contributed by atoms with Gasteiger partial charge in [-0.3, -0.25) is 33.6 Å². The fourth-order valence-corrected chi connectivity index (χ4v) is 6.83. The molecular formula is C35H52N6O7. The molecule has 1 aliphatic heterocycles. The van der Waals surface area contributed by atoms with Crippen molar-refractivity contribution in [1.82, 2.24) is 31.2 Å². The Bertz CT molecular complexity index is 1470. The Morgan fingerprint density at radius 2 is 1.56 bits per heavy atom. The summed E-state index contributed by atoms with van der Waals surface area (Å²) in [5.74, 6) is -3.55. The molecule has 0 aromatic carbocycles. The summed E-state index contributed by atoms with van der Waals surface area (Å²) in [6.45, 7) is 13.0. The average molecular weight is 669 g/mol. The first kappa shape index (κ1) is 36.8. The smallest absolute Gasteiger partial charge is 0.289 e. The van der Waals surface area contributed by atoms with Gasteiger partial charge in [-0.25, -0.2) is 0 Å². The van der Waals surface area contributed by atoms with E-state index in [1.165, 1.54) is 23.1 Å². The topological polar surface area (TPSA) is 187 Å². The lowest BCUT2D eigenvalue weighted by Crippen LogP contribution is -2.63. The monoisotopic (exact) mass is 668 g/mol. The predicted octanol–water partition coefficient (Wildman–Crippen LogP) is 1.81. The zero-order chi connectivity index (χ0) is 35.6. The van der Waals surface area contributed by atoms with E-state index in [2.05, 4.69) is 26.3 Å². The normalized spacial score (nSPS) is 22.6. The molecule has 264 valence electrons. The van der Waals surface area contributed by atoms with E-state index < -0.39 is 75.9 Å². The SMILES string of the molecule is CCC[C@@H](NC(=O)[C@@H]1[C@H]2CCC[C@H]2CN1C(=O)[C@@H](NC(=O)[C@H](NC(=O)c1cccc(=O)[nH]1)C(C)(C)C)C(C)(C)C)C(=O)C(=O)NC1CC1. The average Bonchev–Trinajstić information content (AvgIpc) is 3.56. The van der Waals surface area contributed by atoms with E-state index in [1.54, 1.807) is 20.8 Å². The van der Waals surface area contributed by atoms with Gasteiger partial charge < -0.3 is 31.2 Å². The van der Waals surface area contributed by atoms with Crippen molar-refractivity contribution in [2.24, 2.45) is 22.7 Å². The predicted molar refractivity (Wildman–Crippen MR) is 178 cm³/mol. The Labute approximate surface area is 282 Å². The third-order valence-electron chi connectivity index (χ3n) is 9.61. The van der Waals surface area contributed by atoms with E-state index in [9.17, 15) is 33.6 Å². The van der Waals surface area contributed by atoms with Crippen molar-refractivity contribution in [3.63, 3.8) is 0 Å². The summed E-state index contributed by atoms with van der Waals surface area (Å²) in [6.07, 6.45) is 5.02. The second kappa shape index (κ2) is 14.6. The molecule has 0 bridgehead atoms. The molecule has 0 radical (unpaired) electrons. The fraction of sp³-hybridized carbons (Fsp3) is 0.686. The van der Waals surface area contributed by atoms with Gasteiger partial charge in [0.25, 0.3) is 11.8 Å². The van der Waals surface area contributed by atoms with Crippen LogP contribution in [0.5, 0.6) is 0 Å². The second-order valence-corrected chi connectivity index (χ2v) is 15.8. The number of rotatable bonds is 12. The number of Topliss-reactive ketones (excluding diaryl/α,β-unsaturated/α-hetero) is 1. The van der Waals surface area contributed by atoms with E-state index in [0.29, 0.717) is 13.0 Å². The Morgan fingerprint density at radius 1 is 0.896 bits per heavy atom. The van der Waals surface area contributed by atoms with Crippen LogP contribution in [0.2, 0.25) is 0 Å². The highest BCUT2D eigenvalue weighted by atomic mass is 16.2. The molecule has 48 heavy (non-hydrogen) atoms. The van der Waals surface area contributed by atoms with Crippen LogP contribution in [-0.4, -0.2) is 82.0 Å². The Hall–Kier alpha value is -4.03. The van der Waals surface area contributed by atoms with Crippen molar-refractivity contribution in [2.75, 3.05) is 6.54 Å². The van der Waals surface area contributed by atoms with Gasteiger partial charge in [0.15, 0.2) is 0 Å². The summed E-state index contributed by atoms with van der Waals surface area (Å²) in [5.41, 5.74) is -2.03. The maximum atomic E-state index is 14.5. The number of fused-ring (bicyclic) bond motifs is 1. The van der Waals surface area contributed by atoms with Crippen LogP contribution in [0.15, 0.2) is 23.0 Å². The van der Waals surface area contributed by atoms with E-state index in [0.717, 1.165) is 32.1 Å². The maximum absolute atomic E-state index is 14.5. The minimum atomic E-state index is -1.08. The Kier molecular flexibility index (Phi) is 11.2. The molecule has 1 saturated heterocycles. The number of nitrogens with zero attached hydrogens (tertiary/aromatic N) is 1. The van der Waals surface area contributed by atoms with Crippen LogP contribution in [0, 0.1) is 22.7 Å². The number of carbonyl (C=O) groups is 6. The molecule has 2 aliphatic carbocycles. The summed E-state index contributed by atoms with van der Waals surface area (Å²) in [6, 6.07) is 0.142. The molecule has 5 amide bonds. The number of ketones is 1. The van der Waals surface area contributed by atoms with E-state index in [1.807, 2.05) is 27.7 Å². The molecule has 6 atom stereocenters. The zero-order valence-corrected chi connectivity index (χ0v) is 29.2. The molecule has 0 unspecified atom stereocenters. The van der Waals surface area contributed by atoms with Crippen molar-refractivity contribution in [3.05, 3.63) is 34.2 Å². The molecular weight excluding hydrogens is 616 g/mol. The molecule has 1 aromatic rings. The fourth-order valence-electron chi connectivity index (χ4n) is 6.83. The van der Waals surface area contributed by atoms with Crippen LogP contribution in [0.3, 0.4) is 0 Å². The van der Waals surface area contributed by atoms with Gasteiger partial charge in [0.1, 0.15) is 23.8 Å². The number of amides is 5. The number of pyridine rings is 1. The molecule has 3 aliphatic rings. The number of H-pyrrole nitrogens is 1. The highest BCUT2D eigenvalue weighted by Gasteiger charge is 2.52. The molecule has 3 fully saturated rings. The number of hydrogen-bond acceptors (Lipinski definition) is 7. The van der Waals surface area contributed by atoms with Gasteiger partial charge in [-0.15, -0.1) is 0 Å². The molecule has 13 heteroatoms. The molecule has 2 heterocycles. The molecule has 1 aromatic heterocycles. The number of aromatic nitrogens is 1. The largest absolute Gasteiger partial charge is 0.347 e. The summed E-state index contributed by atoms with van der Waals surface area (Å²) < 4.78 is 0. The van der Waals surface area contributed by atoms with Crippen LogP contribution < -0.4 is 26.8 Å². The van der Waals surface area contributed by atoms with Crippen molar-refractivity contribution in [3.8, 4) is 0 Å². The standard InChI is InChI=1S/C35H52N6O7/c1-8-11-22(26(43)31(46)36-20-16-17-20)38-30(45)25-21-13-9-12-19(21)18-41(25)33(48)28(35(5,6)7)40-32(47)27(34(2,3)4)39-29(44)23-14-10-15-24(42)37-23/h10,14-15,19-22,25,27-28H,8-9,11-13,16-18H2,1-7H3,(H,36,46)(H,37,42)(H,38,45)(H,39,44)(H,40,47)/t19-,21-,22+,25-,27-,28+/m0/s1. The van der Waals surface area contributed by atoms with Gasteiger partial charge in [0.2, 0.25) is 29.1 Å². The van der Waals surface area contributed by atoms with Gasteiger partial charge >= 0.3 is 0 Å². The van der Waals surface area contributed by atoms with Crippen molar-refractivity contribution < 1.29 is 28.8 Å². The van der Waals surface area contributed by atoms with Crippen molar-refractivity contribution in [2.45, 2.75) is 124 Å². The first-order valence-electron chi connectivity index (χ1n) is 17.2. The molecule has 4 rings (SSSR count). The van der Waals surface area contributed by atoms with Gasteiger partial charge in [-0.05, 0) is 60.8 Å². The van der Waals surface area contributed by atoms with Crippen LogP contribution >= 0.6 is 0 Å². The van der Waals surface area contributed by atoms with Gasteiger partial charge in [-0.1, -0.05) is 67.4 Å². The summed E-state index contributed by atoms with van der Waals surface area (Å²) in [5, 5.41) is 11.1. The number of aromatic amines is 1. The number of likely N-dealkylation sites (tertiary alicyclic amines) is 1. The van der Waals surface area contributed by atoms with Gasteiger partial charge in [0, 0.05) is 18.7 Å². The van der Waals surface area contributed by atoms with E-state index in [-0.39, 0.29) is 30.0 Å². The minimum absolute atomic E-state index is 0.000248. The summed E-state index contributed by atoms with van der Waals surface area (Å²) in [4.78, 5) is 97.0. The van der Waals surface area contributed by atoms with Gasteiger partial charge in [-0.2, -0.15) is 0 Å². The third kappa shape index (κ3) is 8.70. The number of nitrogens with one attached hydrogen (secondary N) is 5. The molecule has 13 nitrogen and oxygen atoms in total. The quantitative estimate of drug-likeness (QED) is 0.210. The van der Waals surface area contributed by atoms with Crippen LogP contribution in [0.4, 0.5) is 0 Å². The Morgan fingerprint density at radius 3 is 2.15 bits per heavy atom. The highest BCUT2D eigenvalue weighted by molar-refractivity contribution is 6.38. The lowest BCUT2D eigenvalue weighted by atomic mass is 9.82. The first-order chi connectivity index (χ1) is 22.4. The van der Waals surface area contributed by atoms with Crippen molar-refractivity contribution >= 4 is 35.3 Å². The van der Waals surface area contributed by atoms with E-state index >= 15 is 0 Å². The second-order valence-electron chi connectivity index (χ2n) is 15.8. The molecule has 5 N–H and O–H groups in total. The Balaban J connectivity index is 1.56. The van der Waals surface area contributed by atoms with E-state index in [4.69, 9.17) is 0 Å². The zero-order valence-electron chi connectivity index (χ0n) is 29.2. The lowest BCUT2D eigenvalue weighted by molar-refractivity contribution is -0.146. The summed E-state index contributed by atoms with van der Waals surface area (Å²) >= 11 is 0. The molecule has 2 saturated carbocycles. The minimum Gasteiger partial charge on any atom is -0.347 e. The van der Waals surface area contributed by atoms with Crippen molar-refractivity contribution in [1.29, 1.82) is 0 Å². The van der Waals surface area contributed by atoms with Crippen LogP contribution in [0.25, 0.3) is 0 Å². The van der Waals surface area contributed by atoms with Gasteiger partial charge in [0.05, 0.1) is 6.04 Å². The first-order valence-corrected chi connectivity index (χ1v) is 17.2. The summed E-state index contributed by atoms with van der Waals surface area (Å²) in [7, 11) is 0. The highest BCUT2D eigenvalue weighted by Crippen LogP contribution is 2.43. The maximum Gasteiger partial charge on any atom is 0.289 e. The van der Waals surface area contributed by atoms with Crippen LogP contribution in [0.1, 0.15) is 104 Å². The van der Waals surface area contributed by atoms with Crippen LogP contribution in [-0.2, 0) is 24.0 Å².